The van der Waals surface area contributed by atoms with Gasteiger partial charge in [-0.05, 0) is 118 Å². The van der Waals surface area contributed by atoms with E-state index in [1.54, 1.807) is 0 Å². The van der Waals surface area contributed by atoms with Crippen LogP contribution < -0.4 is 0 Å². The highest BCUT2D eigenvalue weighted by Crippen LogP contribution is 2.38. The minimum Gasteiger partial charge on any atom is -0.253 e. The van der Waals surface area contributed by atoms with Crippen molar-refractivity contribution in [3.8, 4) is 11.1 Å². The highest BCUT2D eigenvalue weighted by Gasteiger charge is 2.22. The van der Waals surface area contributed by atoms with Crippen LogP contribution in [0.1, 0.15) is 79.7 Å². The third kappa shape index (κ3) is 5.76. The van der Waals surface area contributed by atoms with Crippen LogP contribution in [0.3, 0.4) is 0 Å². The van der Waals surface area contributed by atoms with Crippen molar-refractivity contribution in [1.82, 2.24) is 0 Å². The summed E-state index contributed by atoms with van der Waals surface area (Å²) in [5, 5.41) is 0. The molecule has 0 spiro atoms. The van der Waals surface area contributed by atoms with Crippen molar-refractivity contribution in [2.75, 3.05) is 0 Å². The normalized spacial score (nSPS) is 18.7. The van der Waals surface area contributed by atoms with Crippen LogP contribution in [0.4, 0.5) is 5.69 Å². The number of hydrogen-bond acceptors (Lipinski definition) is 1. The van der Waals surface area contributed by atoms with Gasteiger partial charge in [0.2, 0.25) is 0 Å². The van der Waals surface area contributed by atoms with E-state index >= 15 is 0 Å². The molecule has 0 aromatic heterocycles. The third-order valence-corrected chi connectivity index (χ3v) is 7.46. The summed E-state index contributed by atoms with van der Waals surface area (Å²) in [5.74, 6) is 1.56. The Labute approximate surface area is 206 Å². The second-order valence-corrected chi connectivity index (χ2v) is 10.5. The average molecular weight is 450 g/mol. The van der Waals surface area contributed by atoms with Gasteiger partial charge in [0.25, 0.3) is 0 Å². The van der Waals surface area contributed by atoms with Gasteiger partial charge in [-0.15, -0.1) is 6.58 Å². The quantitative estimate of drug-likeness (QED) is 0.262. The van der Waals surface area contributed by atoms with Gasteiger partial charge >= 0.3 is 0 Å². The fourth-order valence-electron chi connectivity index (χ4n) is 5.56. The van der Waals surface area contributed by atoms with Crippen LogP contribution in [0, 0.1) is 26.7 Å². The van der Waals surface area contributed by atoms with Gasteiger partial charge in [0.1, 0.15) is 0 Å². The molecule has 0 aliphatic heterocycles. The van der Waals surface area contributed by atoms with Crippen molar-refractivity contribution in [2.45, 2.75) is 72.6 Å². The molecule has 0 unspecified atom stereocenters. The van der Waals surface area contributed by atoms with Crippen LogP contribution in [0.25, 0.3) is 11.1 Å². The van der Waals surface area contributed by atoms with E-state index in [-0.39, 0.29) is 0 Å². The molecule has 34 heavy (non-hydrogen) atoms. The highest BCUT2D eigenvalue weighted by atomic mass is 14.7. The summed E-state index contributed by atoms with van der Waals surface area (Å²) in [5.41, 5.74) is 12.5. The first kappa shape index (κ1) is 24.2. The molecule has 1 nitrogen and oxygen atoms in total. The summed E-state index contributed by atoms with van der Waals surface area (Å²) in [6, 6.07) is 22.5. The van der Waals surface area contributed by atoms with Crippen LogP contribution >= 0.6 is 0 Å². The summed E-state index contributed by atoms with van der Waals surface area (Å²) in [4.78, 5) is 4.93. The smallest absolute Gasteiger partial charge is 0.0662 e. The number of benzene rings is 3. The fourth-order valence-corrected chi connectivity index (χ4v) is 5.56. The Balaban J connectivity index is 1.46. The van der Waals surface area contributed by atoms with Crippen molar-refractivity contribution < 1.29 is 0 Å². The lowest BCUT2D eigenvalue weighted by Gasteiger charge is -2.29. The van der Waals surface area contributed by atoms with Gasteiger partial charge in [-0.2, -0.15) is 0 Å². The van der Waals surface area contributed by atoms with Gasteiger partial charge in [-0.1, -0.05) is 65.7 Å². The summed E-state index contributed by atoms with van der Waals surface area (Å²) >= 11 is 0. The Kier molecular flexibility index (Phi) is 7.51. The molecule has 1 aliphatic rings. The van der Waals surface area contributed by atoms with Crippen molar-refractivity contribution in [2.24, 2.45) is 10.9 Å². The standard InChI is InChI=1S/C33H39N/c1-22(2)19-27-8-10-28(11-9-27)29-12-14-30(15-13-29)31-16-17-32(24(4)21-31)26(6)34-33-18-7-23(3)20-25(33)5/h7,12-18,20-21,27-28H,1,8-11,19H2,2-6H3. The monoisotopic (exact) mass is 449 g/mol. The molecule has 1 saturated carbocycles. The van der Waals surface area contributed by atoms with Crippen LogP contribution in [-0.2, 0) is 0 Å². The predicted octanol–water partition coefficient (Wildman–Crippen LogP) is 9.66. The molecule has 1 fully saturated rings. The Morgan fingerprint density at radius 3 is 2.09 bits per heavy atom. The van der Waals surface area contributed by atoms with Gasteiger partial charge in [0.05, 0.1) is 5.69 Å². The Bertz CT molecular complexity index is 1190. The number of nitrogens with zero attached hydrogens (tertiary/aromatic N) is 1. The van der Waals surface area contributed by atoms with E-state index in [2.05, 4.69) is 102 Å². The molecule has 0 atom stereocenters. The predicted molar refractivity (Wildman–Crippen MR) is 149 cm³/mol. The Morgan fingerprint density at radius 1 is 0.794 bits per heavy atom. The van der Waals surface area contributed by atoms with Crippen molar-refractivity contribution >= 4 is 11.4 Å². The zero-order valence-electron chi connectivity index (χ0n) is 21.6. The summed E-state index contributed by atoms with van der Waals surface area (Å²) in [6.07, 6.45) is 6.50. The second-order valence-electron chi connectivity index (χ2n) is 10.5. The van der Waals surface area contributed by atoms with Crippen LogP contribution in [0.2, 0.25) is 0 Å². The minimum atomic E-state index is 0.712. The minimum absolute atomic E-state index is 0.712. The summed E-state index contributed by atoms with van der Waals surface area (Å²) < 4.78 is 0. The van der Waals surface area contributed by atoms with Crippen LogP contribution in [0.15, 0.2) is 77.8 Å². The second kappa shape index (κ2) is 10.6. The van der Waals surface area contributed by atoms with Crippen molar-refractivity contribution in [3.05, 3.63) is 101 Å². The van der Waals surface area contributed by atoms with Gasteiger partial charge in [0, 0.05) is 5.71 Å². The Hall–Kier alpha value is -2.93. The fraction of sp³-hybridized carbons (Fsp3) is 0.364. The maximum Gasteiger partial charge on any atom is 0.0662 e. The molecule has 1 aliphatic carbocycles. The van der Waals surface area contributed by atoms with E-state index in [9.17, 15) is 0 Å². The molecule has 0 heterocycles. The lowest BCUT2D eigenvalue weighted by atomic mass is 9.76. The SMILES string of the molecule is C=C(C)CC1CCC(c2ccc(-c3ccc(C(C)=Nc4ccc(C)cc4C)c(C)c3)cc2)CC1. The topological polar surface area (TPSA) is 12.4 Å². The molecular formula is C33H39N. The molecule has 0 radical (unpaired) electrons. The first-order chi connectivity index (χ1) is 16.3. The largest absolute Gasteiger partial charge is 0.253 e. The van der Waals surface area contributed by atoms with Gasteiger partial charge in [-0.25, -0.2) is 0 Å². The molecule has 0 amide bonds. The molecule has 3 aromatic rings. The number of rotatable bonds is 6. The first-order valence-corrected chi connectivity index (χ1v) is 12.8. The lowest BCUT2D eigenvalue weighted by molar-refractivity contribution is 0.324. The molecular weight excluding hydrogens is 410 g/mol. The van der Waals surface area contributed by atoms with E-state index in [0.717, 1.165) is 17.3 Å². The summed E-state index contributed by atoms with van der Waals surface area (Å²) in [7, 11) is 0. The van der Waals surface area contributed by atoms with Gasteiger partial charge in [-0.3, -0.25) is 4.99 Å². The average Bonchev–Trinajstić information content (AvgIpc) is 2.81. The van der Waals surface area contributed by atoms with Crippen LogP contribution in [0.5, 0.6) is 0 Å². The van der Waals surface area contributed by atoms with Gasteiger partial charge < -0.3 is 0 Å². The molecule has 176 valence electrons. The Morgan fingerprint density at radius 2 is 1.47 bits per heavy atom. The van der Waals surface area contributed by atoms with E-state index in [1.807, 2.05) is 0 Å². The van der Waals surface area contributed by atoms with Crippen molar-refractivity contribution in [3.63, 3.8) is 0 Å². The van der Waals surface area contributed by atoms with E-state index < -0.39 is 0 Å². The molecule has 1 heteroatoms. The third-order valence-electron chi connectivity index (χ3n) is 7.46. The number of hydrogen-bond donors (Lipinski definition) is 0. The van der Waals surface area contributed by atoms with Crippen molar-refractivity contribution in [1.29, 1.82) is 0 Å². The zero-order valence-corrected chi connectivity index (χ0v) is 21.6. The van der Waals surface area contributed by atoms with Gasteiger partial charge in [0.15, 0.2) is 0 Å². The van der Waals surface area contributed by atoms with E-state index in [0.29, 0.717) is 5.92 Å². The number of aryl methyl sites for hydroxylation is 3. The maximum absolute atomic E-state index is 4.93. The maximum atomic E-state index is 4.93. The lowest BCUT2D eigenvalue weighted by Crippen LogP contribution is -2.13. The van der Waals surface area contributed by atoms with E-state index in [1.165, 1.54) is 76.6 Å². The van der Waals surface area contributed by atoms with E-state index in [4.69, 9.17) is 4.99 Å². The molecule has 0 bridgehead atoms. The van der Waals surface area contributed by atoms with Crippen LogP contribution in [-0.4, -0.2) is 5.71 Å². The highest BCUT2D eigenvalue weighted by molar-refractivity contribution is 6.02. The number of allylic oxidation sites excluding steroid dienone is 1. The first-order valence-electron chi connectivity index (χ1n) is 12.8. The number of aliphatic imine (C=N–C) groups is 1. The molecule has 0 N–H and O–H groups in total. The zero-order chi connectivity index (χ0) is 24.2. The summed E-state index contributed by atoms with van der Waals surface area (Å²) in [6.45, 7) is 14.8. The molecule has 3 aromatic carbocycles. The molecule has 4 rings (SSSR count). The molecule has 0 saturated heterocycles.